The number of ether oxygens (including phenoxy) is 1. The molecule has 1 aliphatic heterocycles. The molecule has 0 radical (unpaired) electrons. The van der Waals surface area contributed by atoms with Gasteiger partial charge in [-0.15, -0.1) is 0 Å². The molecule has 4 rings (SSSR count). The van der Waals surface area contributed by atoms with Crippen molar-refractivity contribution in [2.24, 2.45) is 0 Å². The van der Waals surface area contributed by atoms with E-state index < -0.39 is 5.97 Å². The van der Waals surface area contributed by atoms with Crippen molar-refractivity contribution in [1.29, 1.82) is 0 Å². The van der Waals surface area contributed by atoms with Gasteiger partial charge < -0.3 is 14.5 Å². The zero-order valence-electron chi connectivity index (χ0n) is 21.6. The lowest BCUT2D eigenvalue weighted by molar-refractivity contribution is -0.144. The largest absolute Gasteiger partial charge is 0.458 e. The van der Waals surface area contributed by atoms with E-state index in [4.69, 9.17) is 4.74 Å². The van der Waals surface area contributed by atoms with E-state index in [-0.39, 0.29) is 17.7 Å². The number of rotatable bonds is 12. The number of anilines is 2. The van der Waals surface area contributed by atoms with Gasteiger partial charge in [0.2, 0.25) is 0 Å². The van der Waals surface area contributed by atoms with Gasteiger partial charge >= 0.3 is 5.97 Å². The highest BCUT2D eigenvalue weighted by molar-refractivity contribution is 5.81. The average Bonchev–Trinajstić information content (AvgIpc) is 2.94. The first kappa shape index (κ1) is 27.5. The summed E-state index contributed by atoms with van der Waals surface area (Å²) in [6.45, 7) is 9.53. The molecule has 0 aliphatic carbocycles. The molecular formula is C31H35F2N3O2. The Kier molecular flexibility index (Phi) is 10.0. The van der Waals surface area contributed by atoms with Crippen LogP contribution in [0.4, 0.5) is 20.2 Å². The maximum atomic E-state index is 13.5. The summed E-state index contributed by atoms with van der Waals surface area (Å²) in [5.74, 6) is -0.955. The monoisotopic (exact) mass is 519 g/mol. The molecule has 200 valence electrons. The number of nitrogens with zero attached hydrogens (tertiary/aromatic N) is 3. The number of carbonyl (C=O) groups is 1. The van der Waals surface area contributed by atoms with Crippen molar-refractivity contribution in [2.75, 3.05) is 50.7 Å². The maximum Gasteiger partial charge on any atom is 0.330 e. The minimum Gasteiger partial charge on any atom is -0.458 e. The molecule has 0 amide bonds. The molecule has 38 heavy (non-hydrogen) atoms. The number of halogens is 2. The fraction of sp³-hybridized carbons (Fsp3) is 0.323. The van der Waals surface area contributed by atoms with E-state index in [0.717, 1.165) is 62.6 Å². The quantitative estimate of drug-likeness (QED) is 0.235. The van der Waals surface area contributed by atoms with Crippen LogP contribution in [0.25, 0.3) is 0 Å². The summed E-state index contributed by atoms with van der Waals surface area (Å²) in [6, 6.07) is 22.9. The first-order valence-corrected chi connectivity index (χ1v) is 13.1. The van der Waals surface area contributed by atoms with Crippen LogP contribution in [-0.2, 0) is 16.0 Å². The minimum absolute atomic E-state index is 0.227. The van der Waals surface area contributed by atoms with Crippen LogP contribution in [0.3, 0.4) is 0 Å². The fourth-order valence-electron chi connectivity index (χ4n) is 4.82. The molecule has 0 spiro atoms. The van der Waals surface area contributed by atoms with E-state index in [2.05, 4.69) is 21.3 Å². The molecule has 3 aromatic carbocycles. The van der Waals surface area contributed by atoms with Gasteiger partial charge in [0.25, 0.3) is 0 Å². The third-order valence-electron chi connectivity index (χ3n) is 6.82. The molecule has 3 aromatic rings. The second-order valence-corrected chi connectivity index (χ2v) is 9.55. The lowest BCUT2D eigenvalue weighted by atomic mass is 10.1. The van der Waals surface area contributed by atoms with Gasteiger partial charge in [0.1, 0.15) is 17.7 Å². The van der Waals surface area contributed by atoms with E-state index in [1.807, 2.05) is 30.3 Å². The first-order valence-electron chi connectivity index (χ1n) is 13.1. The van der Waals surface area contributed by atoms with Crippen LogP contribution in [0.2, 0.25) is 0 Å². The summed E-state index contributed by atoms with van der Waals surface area (Å²) in [5.41, 5.74) is 2.89. The highest BCUT2D eigenvalue weighted by Crippen LogP contribution is 2.26. The maximum absolute atomic E-state index is 13.5. The van der Waals surface area contributed by atoms with E-state index in [9.17, 15) is 13.6 Å². The smallest absolute Gasteiger partial charge is 0.330 e. The van der Waals surface area contributed by atoms with Crippen LogP contribution in [0.1, 0.15) is 12.0 Å². The van der Waals surface area contributed by atoms with Gasteiger partial charge in [0.05, 0.1) is 0 Å². The molecule has 1 saturated heterocycles. The molecule has 7 heteroatoms. The Morgan fingerprint density at radius 3 is 1.97 bits per heavy atom. The van der Waals surface area contributed by atoms with Gasteiger partial charge in [-0.25, -0.2) is 13.6 Å². The van der Waals surface area contributed by atoms with Gasteiger partial charge in [-0.1, -0.05) is 36.9 Å². The lowest BCUT2D eigenvalue weighted by Gasteiger charge is -2.36. The van der Waals surface area contributed by atoms with Gasteiger partial charge in [-0.3, -0.25) is 4.90 Å². The van der Waals surface area contributed by atoms with E-state index in [0.29, 0.717) is 13.0 Å². The topological polar surface area (TPSA) is 36.0 Å². The van der Waals surface area contributed by atoms with Crippen molar-refractivity contribution in [1.82, 2.24) is 9.80 Å². The predicted octanol–water partition coefficient (Wildman–Crippen LogP) is 5.45. The Morgan fingerprint density at radius 2 is 1.42 bits per heavy atom. The van der Waals surface area contributed by atoms with Crippen molar-refractivity contribution >= 4 is 17.3 Å². The number of benzene rings is 3. The lowest BCUT2D eigenvalue weighted by Crippen LogP contribution is -2.49. The van der Waals surface area contributed by atoms with E-state index in [1.165, 1.54) is 30.3 Å². The zero-order valence-corrected chi connectivity index (χ0v) is 21.6. The molecule has 1 fully saturated rings. The SMILES string of the molecule is C=CC(=O)O[C@@H](Cc1ccccc1)CN1CCN(CCCN(c2ccc(F)cc2)c2ccc(F)cc2)CC1. The van der Waals surface area contributed by atoms with Crippen LogP contribution in [0.15, 0.2) is 91.5 Å². The van der Waals surface area contributed by atoms with Gasteiger partial charge in [-0.05, 0) is 67.1 Å². The summed E-state index contributed by atoms with van der Waals surface area (Å²) < 4.78 is 32.6. The van der Waals surface area contributed by atoms with Crippen LogP contribution in [-0.4, -0.2) is 67.7 Å². The number of carbonyl (C=O) groups excluding carboxylic acids is 1. The summed E-state index contributed by atoms with van der Waals surface area (Å²) in [6.07, 6.45) is 2.57. The highest BCUT2D eigenvalue weighted by atomic mass is 19.1. The Labute approximate surface area is 223 Å². The number of piperazine rings is 1. The van der Waals surface area contributed by atoms with Crippen molar-refractivity contribution in [3.8, 4) is 0 Å². The summed E-state index contributed by atoms with van der Waals surface area (Å²) >= 11 is 0. The second-order valence-electron chi connectivity index (χ2n) is 9.55. The number of hydrogen-bond acceptors (Lipinski definition) is 5. The first-order chi connectivity index (χ1) is 18.5. The minimum atomic E-state index is -0.392. The molecule has 0 bridgehead atoms. The van der Waals surface area contributed by atoms with Crippen LogP contribution in [0, 0.1) is 11.6 Å². The summed E-state index contributed by atoms with van der Waals surface area (Å²) in [4.78, 5) is 18.8. The molecule has 1 heterocycles. The van der Waals surface area contributed by atoms with Crippen molar-refractivity contribution in [3.63, 3.8) is 0 Å². The Bertz CT molecular complexity index is 1100. The summed E-state index contributed by atoms with van der Waals surface area (Å²) in [7, 11) is 0. The predicted molar refractivity (Wildman–Crippen MR) is 148 cm³/mol. The fourth-order valence-corrected chi connectivity index (χ4v) is 4.82. The molecule has 5 nitrogen and oxygen atoms in total. The third-order valence-corrected chi connectivity index (χ3v) is 6.82. The normalized spacial score (nSPS) is 15.1. The van der Waals surface area contributed by atoms with Gasteiger partial charge in [0.15, 0.2) is 0 Å². The molecular weight excluding hydrogens is 484 g/mol. The molecule has 0 aromatic heterocycles. The van der Waals surface area contributed by atoms with Crippen LogP contribution >= 0.6 is 0 Å². The number of hydrogen-bond donors (Lipinski definition) is 0. The molecule has 1 atom stereocenters. The Balaban J connectivity index is 1.28. The van der Waals surface area contributed by atoms with Gasteiger partial charge in [-0.2, -0.15) is 0 Å². The Morgan fingerprint density at radius 1 is 0.868 bits per heavy atom. The van der Waals surface area contributed by atoms with Crippen LogP contribution in [0.5, 0.6) is 0 Å². The highest BCUT2D eigenvalue weighted by Gasteiger charge is 2.22. The molecule has 1 aliphatic rings. The van der Waals surface area contributed by atoms with Crippen molar-refractivity contribution < 1.29 is 18.3 Å². The molecule has 0 unspecified atom stereocenters. The second kappa shape index (κ2) is 13.8. The zero-order chi connectivity index (χ0) is 26.7. The molecule has 0 N–H and O–H groups in total. The average molecular weight is 520 g/mol. The van der Waals surface area contributed by atoms with Crippen molar-refractivity contribution in [3.05, 3.63) is 109 Å². The Hall–Kier alpha value is -3.55. The van der Waals surface area contributed by atoms with Gasteiger partial charge in [0, 0.05) is 63.1 Å². The molecule has 0 saturated carbocycles. The standard InChI is InChI=1S/C31H35F2N3O2/c1-2-31(37)38-30(23-25-7-4-3-5-8-25)24-35-21-19-34(20-22-35)17-6-18-36(28-13-9-26(32)10-14-28)29-15-11-27(33)12-16-29/h2-5,7-16,30H,1,6,17-24H2/t30-/m0/s1. The van der Waals surface area contributed by atoms with Crippen molar-refractivity contribution in [2.45, 2.75) is 18.9 Å². The van der Waals surface area contributed by atoms with E-state index >= 15 is 0 Å². The van der Waals surface area contributed by atoms with Crippen LogP contribution < -0.4 is 4.90 Å². The number of esters is 1. The summed E-state index contributed by atoms with van der Waals surface area (Å²) in [5, 5.41) is 0. The third kappa shape index (κ3) is 8.23. The van der Waals surface area contributed by atoms with E-state index in [1.54, 1.807) is 24.3 Å².